The Balaban J connectivity index is 1.83. The van der Waals surface area contributed by atoms with Crippen molar-refractivity contribution in [2.45, 2.75) is 51.7 Å². The molecule has 1 heterocycles. The van der Waals surface area contributed by atoms with E-state index in [-0.39, 0.29) is 12.6 Å². The molecule has 136 valence electrons. The fourth-order valence-electron chi connectivity index (χ4n) is 2.93. The minimum Gasteiger partial charge on any atom is -0.388 e. The summed E-state index contributed by atoms with van der Waals surface area (Å²) in [6.07, 6.45) is 6.80. The minimum absolute atomic E-state index is 0.262. The quantitative estimate of drug-likeness (QED) is 0.652. The van der Waals surface area contributed by atoms with E-state index in [9.17, 15) is 9.90 Å². The molecule has 0 aliphatic heterocycles. The van der Waals surface area contributed by atoms with E-state index in [4.69, 9.17) is 0 Å². The first-order valence-corrected chi connectivity index (χ1v) is 8.88. The van der Waals surface area contributed by atoms with Crippen molar-refractivity contribution in [3.8, 4) is 0 Å². The van der Waals surface area contributed by atoms with Crippen LogP contribution in [-0.2, 0) is 6.54 Å². The first-order valence-electron chi connectivity index (χ1n) is 8.88. The average Bonchev–Trinajstić information content (AvgIpc) is 3.08. The number of anilines is 1. The predicted octanol–water partition coefficient (Wildman–Crippen LogP) is 3.38. The van der Waals surface area contributed by atoms with Crippen LogP contribution in [0.2, 0.25) is 0 Å². The Kier molecular flexibility index (Phi) is 7.01. The van der Waals surface area contributed by atoms with Crippen LogP contribution in [0.1, 0.15) is 45.1 Å². The van der Waals surface area contributed by atoms with Gasteiger partial charge in [0, 0.05) is 24.6 Å². The van der Waals surface area contributed by atoms with Crippen LogP contribution < -0.4 is 10.6 Å². The molecule has 0 spiro atoms. The molecular weight excluding hydrogens is 316 g/mol. The Hall–Kier alpha value is -2.34. The average molecular weight is 344 g/mol. The van der Waals surface area contributed by atoms with Crippen LogP contribution in [0.4, 0.5) is 10.5 Å². The van der Waals surface area contributed by atoms with E-state index in [0.717, 1.165) is 24.1 Å². The number of aromatic nitrogens is 2. The van der Waals surface area contributed by atoms with Crippen molar-refractivity contribution in [3.05, 3.63) is 48.3 Å². The van der Waals surface area contributed by atoms with Crippen molar-refractivity contribution in [2.24, 2.45) is 0 Å². The van der Waals surface area contributed by atoms with Gasteiger partial charge in [-0.3, -0.25) is 4.68 Å². The molecule has 0 fully saturated rings. The molecule has 2 aromatic rings. The molecule has 1 aromatic carbocycles. The fourth-order valence-corrected chi connectivity index (χ4v) is 2.93. The van der Waals surface area contributed by atoms with E-state index in [1.807, 2.05) is 55.1 Å². The molecule has 6 heteroatoms. The third-order valence-electron chi connectivity index (χ3n) is 4.12. The molecule has 2 amide bonds. The number of rotatable bonds is 9. The van der Waals surface area contributed by atoms with Crippen LogP contribution in [0.25, 0.3) is 0 Å². The van der Waals surface area contributed by atoms with Gasteiger partial charge in [-0.25, -0.2) is 4.79 Å². The predicted molar refractivity (Wildman–Crippen MR) is 99.6 cm³/mol. The number of amides is 2. The maximum absolute atomic E-state index is 12.1. The van der Waals surface area contributed by atoms with E-state index in [1.54, 1.807) is 6.20 Å². The number of hydrogen-bond acceptors (Lipinski definition) is 3. The summed E-state index contributed by atoms with van der Waals surface area (Å²) in [5.41, 5.74) is 1.00. The lowest BCUT2D eigenvalue weighted by Crippen LogP contribution is -2.44. The van der Waals surface area contributed by atoms with Gasteiger partial charge in [0.15, 0.2) is 0 Å². The second-order valence-corrected chi connectivity index (χ2v) is 6.43. The lowest BCUT2D eigenvalue weighted by Gasteiger charge is -2.27. The van der Waals surface area contributed by atoms with Crippen molar-refractivity contribution in [2.75, 3.05) is 11.9 Å². The summed E-state index contributed by atoms with van der Waals surface area (Å²) in [5, 5.41) is 20.3. The van der Waals surface area contributed by atoms with Gasteiger partial charge in [0.2, 0.25) is 0 Å². The number of aliphatic hydroxyl groups is 1. The van der Waals surface area contributed by atoms with E-state index in [0.29, 0.717) is 19.4 Å². The number of hydrogen-bond donors (Lipinski definition) is 3. The van der Waals surface area contributed by atoms with Crippen molar-refractivity contribution in [1.29, 1.82) is 0 Å². The SMILES string of the molecule is CCCC(O)(CCC)CNC(=O)Nc1ccc(Cn2cccn2)cc1. The molecule has 0 unspecified atom stereocenters. The van der Waals surface area contributed by atoms with Gasteiger partial charge in [0.25, 0.3) is 0 Å². The number of urea groups is 1. The molecule has 1 aromatic heterocycles. The molecule has 0 aliphatic rings. The lowest BCUT2D eigenvalue weighted by atomic mass is 9.93. The Morgan fingerprint density at radius 3 is 2.44 bits per heavy atom. The number of carbonyl (C=O) groups is 1. The monoisotopic (exact) mass is 344 g/mol. The van der Waals surface area contributed by atoms with Gasteiger partial charge in [-0.1, -0.05) is 38.8 Å². The molecule has 0 saturated carbocycles. The van der Waals surface area contributed by atoms with Gasteiger partial charge < -0.3 is 15.7 Å². The highest BCUT2D eigenvalue weighted by molar-refractivity contribution is 5.89. The third kappa shape index (κ3) is 6.23. The number of carbonyl (C=O) groups excluding carboxylic acids is 1. The summed E-state index contributed by atoms with van der Waals surface area (Å²) in [7, 11) is 0. The van der Waals surface area contributed by atoms with Gasteiger partial charge >= 0.3 is 6.03 Å². The summed E-state index contributed by atoms with van der Waals surface area (Å²) in [6, 6.07) is 9.23. The molecule has 0 bridgehead atoms. The zero-order valence-electron chi connectivity index (χ0n) is 15.0. The molecule has 2 rings (SSSR count). The highest BCUT2D eigenvalue weighted by Crippen LogP contribution is 2.18. The normalized spacial score (nSPS) is 11.3. The van der Waals surface area contributed by atoms with Crippen LogP contribution in [0, 0.1) is 0 Å². The maximum Gasteiger partial charge on any atom is 0.319 e. The fraction of sp³-hybridized carbons (Fsp3) is 0.474. The van der Waals surface area contributed by atoms with Crippen LogP contribution >= 0.6 is 0 Å². The van der Waals surface area contributed by atoms with Crippen LogP contribution in [-0.4, -0.2) is 33.1 Å². The van der Waals surface area contributed by atoms with Crippen molar-refractivity contribution >= 4 is 11.7 Å². The summed E-state index contributed by atoms with van der Waals surface area (Å²) in [6.45, 7) is 5.02. The van der Waals surface area contributed by atoms with Gasteiger partial charge in [-0.2, -0.15) is 5.10 Å². The molecular formula is C19H28N4O2. The first kappa shape index (κ1) is 19.0. The van der Waals surface area contributed by atoms with E-state index in [2.05, 4.69) is 15.7 Å². The molecule has 6 nitrogen and oxygen atoms in total. The van der Waals surface area contributed by atoms with E-state index >= 15 is 0 Å². The molecule has 3 N–H and O–H groups in total. The van der Waals surface area contributed by atoms with Gasteiger partial charge in [-0.05, 0) is 36.6 Å². The zero-order chi connectivity index (χ0) is 18.1. The number of benzene rings is 1. The van der Waals surface area contributed by atoms with Gasteiger partial charge in [-0.15, -0.1) is 0 Å². The van der Waals surface area contributed by atoms with Crippen LogP contribution in [0.3, 0.4) is 0 Å². The minimum atomic E-state index is -0.825. The molecule has 0 atom stereocenters. The Morgan fingerprint density at radius 1 is 1.20 bits per heavy atom. The summed E-state index contributed by atoms with van der Waals surface area (Å²) in [5.74, 6) is 0. The summed E-state index contributed by atoms with van der Waals surface area (Å²) >= 11 is 0. The zero-order valence-corrected chi connectivity index (χ0v) is 15.0. The second kappa shape index (κ2) is 9.22. The first-order chi connectivity index (χ1) is 12.0. The Bertz CT molecular complexity index is 632. The standard InChI is InChI=1S/C19H28N4O2/c1-3-10-19(25,11-4-2)15-20-18(24)22-17-8-6-16(7-9-17)14-23-13-5-12-21-23/h5-9,12-13,25H,3-4,10-11,14-15H2,1-2H3,(H2,20,22,24). The molecule has 25 heavy (non-hydrogen) atoms. The van der Waals surface area contributed by atoms with Crippen LogP contribution in [0.15, 0.2) is 42.7 Å². The van der Waals surface area contributed by atoms with Crippen LogP contribution in [0.5, 0.6) is 0 Å². The Morgan fingerprint density at radius 2 is 1.88 bits per heavy atom. The lowest BCUT2D eigenvalue weighted by molar-refractivity contribution is 0.0245. The smallest absolute Gasteiger partial charge is 0.319 e. The number of nitrogens with zero attached hydrogens (tertiary/aromatic N) is 2. The Labute approximate surface area is 149 Å². The molecule has 0 radical (unpaired) electrons. The third-order valence-corrected chi connectivity index (χ3v) is 4.12. The highest BCUT2D eigenvalue weighted by Gasteiger charge is 2.25. The molecule has 0 saturated heterocycles. The second-order valence-electron chi connectivity index (χ2n) is 6.43. The topological polar surface area (TPSA) is 79.2 Å². The van der Waals surface area contributed by atoms with Gasteiger partial charge in [0.05, 0.1) is 12.1 Å². The van der Waals surface area contributed by atoms with Crippen molar-refractivity contribution in [3.63, 3.8) is 0 Å². The van der Waals surface area contributed by atoms with E-state index in [1.165, 1.54) is 0 Å². The van der Waals surface area contributed by atoms with Gasteiger partial charge in [0.1, 0.15) is 0 Å². The van der Waals surface area contributed by atoms with Crippen molar-refractivity contribution in [1.82, 2.24) is 15.1 Å². The maximum atomic E-state index is 12.1. The highest BCUT2D eigenvalue weighted by atomic mass is 16.3. The van der Waals surface area contributed by atoms with Crippen molar-refractivity contribution < 1.29 is 9.90 Å². The summed E-state index contributed by atoms with van der Waals surface area (Å²) < 4.78 is 1.84. The number of nitrogens with one attached hydrogen (secondary N) is 2. The molecule has 0 aliphatic carbocycles. The summed E-state index contributed by atoms with van der Waals surface area (Å²) in [4.78, 5) is 12.1. The van der Waals surface area contributed by atoms with E-state index < -0.39 is 5.60 Å². The largest absolute Gasteiger partial charge is 0.388 e.